The molecule has 0 amide bonds. The van der Waals surface area contributed by atoms with E-state index in [1.165, 1.54) is 238 Å². The topological polar surface area (TPSA) is 78.9 Å². The van der Waals surface area contributed by atoms with Crippen molar-refractivity contribution in [2.24, 2.45) is 0 Å². The molecular formula is C73H132O6. The lowest BCUT2D eigenvalue weighted by atomic mass is 10.0. The fraction of sp³-hybridized carbons (Fsp3) is 0.822. The lowest BCUT2D eigenvalue weighted by molar-refractivity contribution is -0.167. The summed E-state index contributed by atoms with van der Waals surface area (Å²) >= 11 is 0. The third-order valence-electron chi connectivity index (χ3n) is 15.4. The molecule has 460 valence electrons. The van der Waals surface area contributed by atoms with Gasteiger partial charge in [-0.15, -0.1) is 0 Å². The van der Waals surface area contributed by atoms with Crippen LogP contribution in [0.25, 0.3) is 0 Å². The summed E-state index contributed by atoms with van der Waals surface area (Å²) in [6, 6.07) is 0. The van der Waals surface area contributed by atoms with Crippen LogP contribution in [0.1, 0.15) is 367 Å². The molecule has 0 bridgehead atoms. The fourth-order valence-corrected chi connectivity index (χ4v) is 10.2. The Kier molecular flexibility index (Phi) is 65.1. The monoisotopic (exact) mass is 1110 g/mol. The highest BCUT2D eigenvalue weighted by atomic mass is 16.6. The molecule has 79 heavy (non-hydrogen) atoms. The summed E-state index contributed by atoms with van der Waals surface area (Å²) < 4.78 is 16.9. The van der Waals surface area contributed by atoms with Crippen LogP contribution in [0.15, 0.2) is 60.8 Å². The van der Waals surface area contributed by atoms with E-state index in [9.17, 15) is 14.4 Å². The number of rotatable bonds is 64. The van der Waals surface area contributed by atoms with Crippen LogP contribution in [-0.4, -0.2) is 37.2 Å². The lowest BCUT2D eigenvalue weighted by Gasteiger charge is -2.18. The van der Waals surface area contributed by atoms with Gasteiger partial charge >= 0.3 is 17.9 Å². The van der Waals surface area contributed by atoms with Gasteiger partial charge in [0.2, 0.25) is 0 Å². The number of unbranched alkanes of at least 4 members (excludes halogenated alkanes) is 43. The van der Waals surface area contributed by atoms with Crippen molar-refractivity contribution >= 4 is 17.9 Å². The molecule has 0 aromatic carbocycles. The van der Waals surface area contributed by atoms with Crippen molar-refractivity contribution in [1.29, 1.82) is 0 Å². The van der Waals surface area contributed by atoms with Crippen LogP contribution in [0, 0.1) is 0 Å². The maximum absolute atomic E-state index is 12.9. The Morgan fingerprint density at radius 2 is 0.481 bits per heavy atom. The van der Waals surface area contributed by atoms with Crippen molar-refractivity contribution in [2.45, 2.75) is 374 Å². The Balaban J connectivity index is 4.16. The first kappa shape index (κ1) is 76.1. The van der Waals surface area contributed by atoms with E-state index in [4.69, 9.17) is 14.2 Å². The highest BCUT2D eigenvalue weighted by Crippen LogP contribution is 2.18. The second-order valence-electron chi connectivity index (χ2n) is 23.4. The van der Waals surface area contributed by atoms with Gasteiger partial charge in [0.25, 0.3) is 0 Å². The molecule has 0 aromatic heterocycles. The Morgan fingerprint density at radius 1 is 0.253 bits per heavy atom. The molecule has 0 heterocycles. The van der Waals surface area contributed by atoms with Crippen molar-refractivity contribution in [3.63, 3.8) is 0 Å². The minimum atomic E-state index is -0.782. The maximum atomic E-state index is 12.9. The van der Waals surface area contributed by atoms with E-state index in [1.54, 1.807) is 0 Å². The van der Waals surface area contributed by atoms with E-state index in [1.807, 2.05) is 0 Å². The zero-order valence-corrected chi connectivity index (χ0v) is 52.9. The van der Waals surface area contributed by atoms with Crippen molar-refractivity contribution < 1.29 is 28.6 Å². The molecule has 0 radical (unpaired) electrons. The van der Waals surface area contributed by atoms with Crippen LogP contribution in [0.3, 0.4) is 0 Å². The van der Waals surface area contributed by atoms with E-state index in [2.05, 4.69) is 81.5 Å². The standard InChI is InChI=1S/C73H132O6/c1-4-7-10-13-16-19-22-25-27-29-30-31-32-33-34-35-36-37-38-39-40-41-42-44-45-48-51-54-57-60-63-66-72(75)78-69-70(68-77-71(74)65-62-59-56-53-50-47-24-21-18-15-12-9-6-3)79-73(76)67-64-61-58-55-52-49-46-43-28-26-23-20-17-14-11-8-5-2/h12,15,21-22,24-26,28-30,70H,4-11,13-14,16-20,23,27,31-69H2,1-3H3/b15-12-,24-21-,25-22-,28-26-,30-29-. The molecular weight excluding hydrogens is 973 g/mol. The molecule has 0 spiro atoms. The number of ether oxygens (including phenoxy) is 3. The largest absolute Gasteiger partial charge is 0.462 e. The summed E-state index contributed by atoms with van der Waals surface area (Å²) in [6.45, 7) is 6.60. The molecule has 0 N–H and O–H groups in total. The van der Waals surface area contributed by atoms with Gasteiger partial charge in [-0.2, -0.15) is 0 Å². The Morgan fingerprint density at radius 3 is 0.759 bits per heavy atom. The number of esters is 3. The quantitative estimate of drug-likeness (QED) is 0.0261. The number of carbonyl (C=O) groups excluding carboxylic acids is 3. The lowest BCUT2D eigenvalue weighted by Crippen LogP contribution is -2.30. The highest BCUT2D eigenvalue weighted by Gasteiger charge is 2.19. The van der Waals surface area contributed by atoms with Gasteiger partial charge in [0, 0.05) is 19.3 Å². The van der Waals surface area contributed by atoms with Crippen LogP contribution >= 0.6 is 0 Å². The van der Waals surface area contributed by atoms with Gasteiger partial charge in [0.05, 0.1) is 0 Å². The SMILES string of the molecule is CCC/C=C\C/C=C\CCCCCCCC(=O)OCC(COC(=O)CCCCCCCCCCCCCCCCCCCCC/C=C\C/C=C\CCCCCCC)OC(=O)CCCCCCCCC/C=C\CCCCCCCC. The summed E-state index contributed by atoms with van der Waals surface area (Å²) in [7, 11) is 0. The van der Waals surface area contributed by atoms with E-state index in [-0.39, 0.29) is 31.1 Å². The van der Waals surface area contributed by atoms with Gasteiger partial charge < -0.3 is 14.2 Å². The molecule has 0 aliphatic rings. The van der Waals surface area contributed by atoms with Gasteiger partial charge in [-0.25, -0.2) is 0 Å². The normalized spacial score (nSPS) is 12.4. The highest BCUT2D eigenvalue weighted by molar-refractivity contribution is 5.71. The van der Waals surface area contributed by atoms with Crippen LogP contribution in [-0.2, 0) is 28.6 Å². The predicted octanol–water partition coefficient (Wildman–Crippen LogP) is 23.9. The molecule has 0 saturated carbocycles. The molecule has 0 aliphatic heterocycles. The van der Waals surface area contributed by atoms with Gasteiger partial charge in [-0.05, 0) is 103 Å². The van der Waals surface area contributed by atoms with Crippen molar-refractivity contribution in [2.75, 3.05) is 13.2 Å². The molecule has 0 aliphatic carbocycles. The molecule has 0 fully saturated rings. The van der Waals surface area contributed by atoms with E-state index in [0.29, 0.717) is 19.3 Å². The molecule has 6 nitrogen and oxygen atoms in total. The predicted molar refractivity (Wildman–Crippen MR) is 344 cm³/mol. The smallest absolute Gasteiger partial charge is 0.306 e. The molecule has 0 aromatic rings. The maximum Gasteiger partial charge on any atom is 0.306 e. The summed E-state index contributed by atoms with van der Waals surface area (Å²) in [5.41, 5.74) is 0. The first-order valence-electron chi connectivity index (χ1n) is 34.8. The molecule has 0 rings (SSSR count). The van der Waals surface area contributed by atoms with E-state index in [0.717, 1.165) is 89.9 Å². The van der Waals surface area contributed by atoms with Crippen LogP contribution in [0.5, 0.6) is 0 Å². The average molecular weight is 1110 g/mol. The van der Waals surface area contributed by atoms with Gasteiger partial charge in [0.15, 0.2) is 6.10 Å². The van der Waals surface area contributed by atoms with E-state index >= 15 is 0 Å². The third kappa shape index (κ3) is 65.8. The molecule has 6 heteroatoms. The summed E-state index contributed by atoms with van der Waals surface area (Å²) in [5, 5.41) is 0. The zero-order valence-electron chi connectivity index (χ0n) is 52.9. The fourth-order valence-electron chi connectivity index (χ4n) is 10.2. The number of hydrogen-bond acceptors (Lipinski definition) is 6. The van der Waals surface area contributed by atoms with Crippen molar-refractivity contribution in [3.8, 4) is 0 Å². The van der Waals surface area contributed by atoms with E-state index < -0.39 is 6.10 Å². The molecule has 1 atom stereocenters. The first-order valence-corrected chi connectivity index (χ1v) is 34.8. The van der Waals surface area contributed by atoms with Crippen molar-refractivity contribution in [3.05, 3.63) is 60.8 Å². The second kappa shape index (κ2) is 67.6. The number of hydrogen-bond donors (Lipinski definition) is 0. The first-order chi connectivity index (χ1) is 39.0. The summed E-state index contributed by atoms with van der Waals surface area (Å²) in [5.74, 6) is -0.876. The van der Waals surface area contributed by atoms with Crippen molar-refractivity contribution in [1.82, 2.24) is 0 Å². The molecule has 0 saturated heterocycles. The Hall–Kier alpha value is -2.89. The molecule has 1 unspecified atom stereocenters. The Bertz CT molecular complexity index is 1410. The third-order valence-corrected chi connectivity index (χ3v) is 15.4. The van der Waals surface area contributed by atoms with Crippen LogP contribution < -0.4 is 0 Å². The minimum absolute atomic E-state index is 0.0770. The van der Waals surface area contributed by atoms with Crippen LogP contribution in [0.4, 0.5) is 0 Å². The summed E-state index contributed by atoms with van der Waals surface area (Å²) in [4.78, 5) is 38.3. The Labute approximate surface area is 491 Å². The number of carbonyl (C=O) groups is 3. The van der Waals surface area contributed by atoms with Gasteiger partial charge in [0.1, 0.15) is 13.2 Å². The summed E-state index contributed by atoms with van der Waals surface area (Å²) in [6.07, 6.45) is 86.8. The van der Waals surface area contributed by atoms with Gasteiger partial charge in [-0.3, -0.25) is 14.4 Å². The number of allylic oxidation sites excluding steroid dienone is 10. The average Bonchev–Trinajstić information content (AvgIpc) is 3.45. The van der Waals surface area contributed by atoms with Gasteiger partial charge in [-0.1, -0.05) is 306 Å². The minimum Gasteiger partial charge on any atom is -0.462 e. The zero-order chi connectivity index (χ0) is 57.1. The van der Waals surface area contributed by atoms with Crippen LogP contribution in [0.2, 0.25) is 0 Å². The second-order valence-corrected chi connectivity index (χ2v) is 23.4.